The van der Waals surface area contributed by atoms with Crippen LogP contribution in [0.3, 0.4) is 0 Å². The van der Waals surface area contributed by atoms with Gasteiger partial charge in [-0.2, -0.15) is 0 Å². The molecule has 0 aliphatic carbocycles. The number of hydrogen-bond acceptors (Lipinski definition) is 1. The van der Waals surface area contributed by atoms with Crippen LogP contribution in [0.4, 0.5) is 17.1 Å². The number of aromatic nitrogens is 1. The van der Waals surface area contributed by atoms with Crippen molar-refractivity contribution in [2.75, 3.05) is 4.90 Å². The van der Waals surface area contributed by atoms with Crippen molar-refractivity contribution >= 4 is 49.6 Å². The fourth-order valence-corrected chi connectivity index (χ4v) is 7.88. The van der Waals surface area contributed by atoms with Gasteiger partial charge in [-0.1, -0.05) is 146 Å². The Bertz CT molecular complexity index is 2890. The lowest BCUT2D eigenvalue weighted by atomic mass is 9.99. The van der Waals surface area contributed by atoms with Crippen LogP contribution in [0.1, 0.15) is 0 Å². The third-order valence-electron chi connectivity index (χ3n) is 10.6. The number of anilines is 3. The lowest BCUT2D eigenvalue weighted by molar-refractivity contribution is 1.18. The van der Waals surface area contributed by atoms with Gasteiger partial charge in [0.25, 0.3) is 0 Å². The summed E-state index contributed by atoms with van der Waals surface area (Å²) in [6, 6.07) is 78.7. The second-order valence-corrected chi connectivity index (χ2v) is 13.8. The van der Waals surface area contributed by atoms with Crippen molar-refractivity contribution in [3.05, 3.63) is 218 Å². The first-order chi connectivity index (χ1) is 26.8. The quantitative estimate of drug-likeness (QED) is 0.162. The maximum atomic E-state index is 2.40. The summed E-state index contributed by atoms with van der Waals surface area (Å²) in [4.78, 5) is 2.32. The molecule has 254 valence electrons. The number of fused-ring (bicyclic) bond motifs is 4. The summed E-state index contributed by atoms with van der Waals surface area (Å²) in [5.41, 5.74) is 14.1. The van der Waals surface area contributed by atoms with Gasteiger partial charge in [-0.25, -0.2) is 0 Å². The van der Waals surface area contributed by atoms with Crippen LogP contribution >= 0.6 is 0 Å². The lowest BCUT2D eigenvalue weighted by Gasteiger charge is -2.26. The summed E-state index contributed by atoms with van der Waals surface area (Å²) in [6.07, 6.45) is 0. The normalized spacial score (nSPS) is 11.3. The van der Waals surface area contributed by atoms with Crippen molar-refractivity contribution < 1.29 is 0 Å². The van der Waals surface area contributed by atoms with Crippen LogP contribution in [0.15, 0.2) is 218 Å². The van der Waals surface area contributed by atoms with E-state index >= 15 is 0 Å². The van der Waals surface area contributed by atoms with E-state index in [9.17, 15) is 0 Å². The average Bonchev–Trinajstić information content (AvgIpc) is 3.57. The molecule has 0 atom stereocenters. The molecule has 0 saturated carbocycles. The summed E-state index contributed by atoms with van der Waals surface area (Å²) in [5, 5.41) is 5.06. The van der Waals surface area contributed by atoms with Gasteiger partial charge in [-0.15, -0.1) is 0 Å². The van der Waals surface area contributed by atoms with Crippen LogP contribution in [0.2, 0.25) is 0 Å². The first-order valence-corrected chi connectivity index (χ1v) is 18.5. The van der Waals surface area contributed by atoms with Crippen molar-refractivity contribution in [2.45, 2.75) is 0 Å². The molecule has 0 saturated heterocycles. The molecular weight excluding hydrogens is 653 g/mol. The second kappa shape index (κ2) is 13.4. The van der Waals surface area contributed by atoms with Gasteiger partial charge in [0, 0.05) is 33.5 Å². The Hall–Kier alpha value is -7.16. The van der Waals surface area contributed by atoms with E-state index < -0.39 is 0 Å². The SMILES string of the molecule is c1ccc(-c2cccc(-c3ccc(N(c4ccccc4)c4ccc(-c5ccc(-n6c7ccccc7c7cc8ccccc8cc76)cc5)cc4)cc3)c2)cc1. The summed E-state index contributed by atoms with van der Waals surface area (Å²) in [5.74, 6) is 0. The van der Waals surface area contributed by atoms with Crippen LogP contribution in [0.5, 0.6) is 0 Å². The first kappa shape index (κ1) is 31.6. The highest BCUT2D eigenvalue weighted by Gasteiger charge is 2.15. The van der Waals surface area contributed by atoms with Crippen LogP contribution < -0.4 is 4.90 Å². The molecule has 0 aliphatic heterocycles. The van der Waals surface area contributed by atoms with Gasteiger partial charge in [0.2, 0.25) is 0 Å². The lowest BCUT2D eigenvalue weighted by Crippen LogP contribution is -2.09. The third-order valence-corrected chi connectivity index (χ3v) is 10.6. The van der Waals surface area contributed by atoms with E-state index in [1.807, 2.05) is 0 Å². The van der Waals surface area contributed by atoms with Gasteiger partial charge in [0.15, 0.2) is 0 Å². The minimum Gasteiger partial charge on any atom is -0.311 e. The number of para-hydroxylation sites is 2. The number of rotatable bonds is 7. The van der Waals surface area contributed by atoms with Gasteiger partial charge in [-0.3, -0.25) is 0 Å². The van der Waals surface area contributed by atoms with E-state index in [4.69, 9.17) is 0 Å². The van der Waals surface area contributed by atoms with Crippen LogP contribution in [0.25, 0.3) is 71.6 Å². The monoisotopic (exact) mass is 688 g/mol. The molecule has 1 heterocycles. The average molecular weight is 689 g/mol. The predicted molar refractivity (Wildman–Crippen MR) is 229 cm³/mol. The number of hydrogen-bond donors (Lipinski definition) is 0. The molecule has 0 unspecified atom stereocenters. The van der Waals surface area contributed by atoms with E-state index in [0.29, 0.717) is 0 Å². The molecule has 10 rings (SSSR count). The van der Waals surface area contributed by atoms with E-state index in [1.54, 1.807) is 0 Å². The Balaban J connectivity index is 0.963. The Kier molecular flexibility index (Phi) is 7.85. The van der Waals surface area contributed by atoms with Gasteiger partial charge < -0.3 is 9.47 Å². The zero-order valence-corrected chi connectivity index (χ0v) is 29.7. The number of benzene rings is 9. The van der Waals surface area contributed by atoms with Gasteiger partial charge in [-0.05, 0) is 117 Å². The Labute approximate surface area is 315 Å². The van der Waals surface area contributed by atoms with E-state index in [0.717, 1.165) is 22.7 Å². The highest BCUT2D eigenvalue weighted by atomic mass is 15.1. The maximum absolute atomic E-state index is 2.40. The number of nitrogens with zero attached hydrogens (tertiary/aromatic N) is 2. The van der Waals surface area contributed by atoms with E-state index in [2.05, 4.69) is 228 Å². The van der Waals surface area contributed by atoms with Crippen molar-refractivity contribution in [3.8, 4) is 39.1 Å². The molecule has 0 radical (unpaired) electrons. The van der Waals surface area contributed by atoms with Crippen molar-refractivity contribution in [2.24, 2.45) is 0 Å². The smallest absolute Gasteiger partial charge is 0.0547 e. The largest absolute Gasteiger partial charge is 0.311 e. The molecule has 9 aromatic carbocycles. The summed E-state index contributed by atoms with van der Waals surface area (Å²) in [7, 11) is 0. The predicted octanol–water partition coefficient (Wildman–Crippen LogP) is 14.4. The summed E-state index contributed by atoms with van der Waals surface area (Å²) >= 11 is 0. The fraction of sp³-hybridized carbons (Fsp3) is 0. The molecule has 54 heavy (non-hydrogen) atoms. The van der Waals surface area contributed by atoms with E-state index in [1.165, 1.54) is 66.0 Å². The van der Waals surface area contributed by atoms with Crippen LogP contribution in [0, 0.1) is 0 Å². The molecule has 2 nitrogen and oxygen atoms in total. The van der Waals surface area contributed by atoms with Gasteiger partial charge in [0.1, 0.15) is 0 Å². The Morgan fingerprint density at radius 1 is 0.278 bits per heavy atom. The summed E-state index contributed by atoms with van der Waals surface area (Å²) < 4.78 is 2.40. The molecule has 0 bridgehead atoms. The minimum atomic E-state index is 1.11. The molecule has 0 amide bonds. The molecule has 0 fully saturated rings. The minimum absolute atomic E-state index is 1.11. The van der Waals surface area contributed by atoms with Crippen molar-refractivity contribution in [1.82, 2.24) is 4.57 Å². The molecule has 2 heteroatoms. The van der Waals surface area contributed by atoms with Crippen LogP contribution in [-0.2, 0) is 0 Å². The highest BCUT2D eigenvalue weighted by Crippen LogP contribution is 2.38. The highest BCUT2D eigenvalue weighted by molar-refractivity contribution is 6.13. The topological polar surface area (TPSA) is 8.17 Å². The summed E-state index contributed by atoms with van der Waals surface area (Å²) in [6.45, 7) is 0. The Morgan fingerprint density at radius 3 is 1.39 bits per heavy atom. The third kappa shape index (κ3) is 5.71. The van der Waals surface area contributed by atoms with E-state index in [-0.39, 0.29) is 0 Å². The molecule has 0 aliphatic rings. The molecule has 0 spiro atoms. The molecule has 10 aromatic rings. The molecule has 0 N–H and O–H groups in total. The standard InChI is InChI=1S/C52H36N2/c1-3-12-37(13-4-1)41-16-11-17-42(34-41)40-26-30-47(31-27-40)53(45-18-5-2-6-19-45)46-28-22-38(23-29-46)39-24-32-48(33-25-39)54-51-21-10-9-20-49(51)50-35-43-14-7-8-15-44(43)36-52(50)54/h1-36H. The van der Waals surface area contributed by atoms with Crippen molar-refractivity contribution in [1.29, 1.82) is 0 Å². The molecule has 1 aromatic heterocycles. The zero-order valence-electron chi connectivity index (χ0n) is 29.7. The Morgan fingerprint density at radius 2 is 0.741 bits per heavy atom. The van der Waals surface area contributed by atoms with Crippen molar-refractivity contribution in [3.63, 3.8) is 0 Å². The fourth-order valence-electron chi connectivity index (χ4n) is 7.88. The van der Waals surface area contributed by atoms with Gasteiger partial charge >= 0.3 is 0 Å². The van der Waals surface area contributed by atoms with Crippen LogP contribution in [-0.4, -0.2) is 4.57 Å². The maximum Gasteiger partial charge on any atom is 0.0547 e. The first-order valence-electron chi connectivity index (χ1n) is 18.5. The zero-order chi connectivity index (χ0) is 35.8. The van der Waals surface area contributed by atoms with Gasteiger partial charge in [0.05, 0.1) is 11.0 Å². The second-order valence-electron chi connectivity index (χ2n) is 13.8. The molecular formula is C52H36N2.